The van der Waals surface area contributed by atoms with E-state index in [0.717, 1.165) is 18.0 Å². The first-order chi connectivity index (χ1) is 11.5. The van der Waals surface area contributed by atoms with Crippen molar-refractivity contribution in [2.24, 2.45) is 5.92 Å². The van der Waals surface area contributed by atoms with Crippen LogP contribution in [-0.2, 0) is 16.6 Å². The number of carbonyl (C=O) groups is 1. The molecule has 1 saturated heterocycles. The summed E-state index contributed by atoms with van der Waals surface area (Å²) in [4.78, 5) is 13.1. The lowest BCUT2D eigenvalue weighted by Gasteiger charge is -2.27. The molecule has 1 fully saturated rings. The van der Waals surface area contributed by atoms with Crippen molar-refractivity contribution in [1.29, 1.82) is 0 Å². The van der Waals surface area contributed by atoms with Gasteiger partial charge >= 0.3 is 0 Å². The van der Waals surface area contributed by atoms with Crippen LogP contribution in [0.25, 0.3) is 0 Å². The molecule has 0 bridgehead atoms. The monoisotopic (exact) mass is 401 g/mol. The van der Waals surface area contributed by atoms with Crippen molar-refractivity contribution in [2.45, 2.75) is 11.4 Å². The molecule has 136 valence electrons. The van der Waals surface area contributed by atoms with Crippen LogP contribution >= 0.6 is 23.7 Å². The number of benzene rings is 1. The predicted molar refractivity (Wildman–Crippen MR) is 101 cm³/mol. The first kappa shape index (κ1) is 19.9. The number of hydrogen-bond acceptors (Lipinski definition) is 5. The molecule has 1 aliphatic rings. The number of nitrogens with one attached hydrogen (secondary N) is 3. The van der Waals surface area contributed by atoms with E-state index in [2.05, 4.69) is 15.4 Å². The fourth-order valence-corrected chi connectivity index (χ4v) is 4.02. The maximum Gasteiger partial charge on any atom is 0.251 e. The van der Waals surface area contributed by atoms with E-state index in [9.17, 15) is 13.2 Å². The number of sulfonamides is 1. The molecule has 1 aliphatic heterocycles. The van der Waals surface area contributed by atoms with E-state index in [4.69, 9.17) is 0 Å². The third kappa shape index (κ3) is 5.26. The molecule has 9 heteroatoms. The summed E-state index contributed by atoms with van der Waals surface area (Å²) < 4.78 is 27.1. The Kier molecular flexibility index (Phi) is 6.97. The van der Waals surface area contributed by atoms with Crippen molar-refractivity contribution in [1.82, 2.24) is 15.4 Å². The third-order valence-electron chi connectivity index (χ3n) is 3.86. The summed E-state index contributed by atoms with van der Waals surface area (Å²) in [5, 5.41) is 7.91. The van der Waals surface area contributed by atoms with Crippen molar-refractivity contribution >= 4 is 39.7 Å². The molecule has 0 radical (unpaired) electrons. The molecule has 1 amide bonds. The van der Waals surface area contributed by atoms with E-state index in [-0.39, 0.29) is 29.8 Å². The van der Waals surface area contributed by atoms with Gasteiger partial charge in [-0.25, -0.2) is 13.1 Å². The van der Waals surface area contributed by atoms with Gasteiger partial charge in [0.1, 0.15) is 0 Å². The van der Waals surface area contributed by atoms with E-state index in [1.165, 1.54) is 35.6 Å². The summed E-state index contributed by atoms with van der Waals surface area (Å²) in [6, 6.07) is 9.73. The molecule has 6 nitrogen and oxygen atoms in total. The van der Waals surface area contributed by atoms with Crippen molar-refractivity contribution < 1.29 is 13.2 Å². The Balaban J connectivity index is 0.00000225. The minimum absolute atomic E-state index is 0. The summed E-state index contributed by atoms with van der Waals surface area (Å²) in [5.74, 6) is 0.299. The summed E-state index contributed by atoms with van der Waals surface area (Å²) in [7, 11) is -3.58. The van der Waals surface area contributed by atoms with Crippen molar-refractivity contribution in [3.8, 4) is 0 Å². The van der Waals surface area contributed by atoms with E-state index in [0.29, 0.717) is 18.0 Å². The lowest BCUT2D eigenvalue weighted by Crippen LogP contribution is -2.48. The van der Waals surface area contributed by atoms with Crippen molar-refractivity contribution in [3.05, 3.63) is 52.2 Å². The van der Waals surface area contributed by atoms with E-state index >= 15 is 0 Å². The van der Waals surface area contributed by atoms with Crippen LogP contribution in [0.5, 0.6) is 0 Å². The van der Waals surface area contributed by atoms with Gasteiger partial charge < -0.3 is 10.6 Å². The smallest absolute Gasteiger partial charge is 0.251 e. The molecule has 2 heterocycles. The van der Waals surface area contributed by atoms with Crippen LogP contribution in [0.3, 0.4) is 0 Å². The molecule has 3 rings (SSSR count). The van der Waals surface area contributed by atoms with Gasteiger partial charge in [0.2, 0.25) is 10.0 Å². The topological polar surface area (TPSA) is 87.3 Å². The molecule has 0 aliphatic carbocycles. The maximum absolute atomic E-state index is 12.3. The highest BCUT2D eigenvalue weighted by Crippen LogP contribution is 2.13. The molecule has 3 N–H and O–H groups in total. The Bertz CT molecular complexity index is 789. The maximum atomic E-state index is 12.3. The van der Waals surface area contributed by atoms with Crippen molar-refractivity contribution in [2.75, 3.05) is 19.6 Å². The number of halogens is 1. The Labute approximate surface area is 157 Å². The fourth-order valence-electron chi connectivity index (χ4n) is 2.28. The summed E-state index contributed by atoms with van der Waals surface area (Å²) in [6.07, 6.45) is 0. The number of hydrogen-bond donors (Lipinski definition) is 3. The summed E-state index contributed by atoms with van der Waals surface area (Å²) >= 11 is 1.50. The van der Waals surface area contributed by atoms with Gasteiger partial charge in [0, 0.05) is 42.5 Å². The van der Waals surface area contributed by atoms with Gasteiger partial charge in [0.25, 0.3) is 5.91 Å². The Hall–Kier alpha value is -1.45. The van der Waals surface area contributed by atoms with Gasteiger partial charge in [-0.05, 0) is 35.7 Å². The molecule has 0 spiro atoms. The quantitative estimate of drug-likeness (QED) is 0.657. The van der Waals surface area contributed by atoms with E-state index in [1.54, 1.807) is 0 Å². The second kappa shape index (κ2) is 8.77. The zero-order valence-electron chi connectivity index (χ0n) is 13.4. The van der Waals surface area contributed by atoms with Gasteiger partial charge in [0.15, 0.2) is 0 Å². The van der Waals surface area contributed by atoms with E-state index < -0.39 is 10.0 Å². The Morgan fingerprint density at radius 2 is 1.92 bits per heavy atom. The molecule has 25 heavy (non-hydrogen) atoms. The van der Waals surface area contributed by atoms with Gasteiger partial charge in [-0.15, -0.1) is 23.7 Å². The second-order valence-electron chi connectivity index (χ2n) is 5.66. The first-order valence-electron chi connectivity index (χ1n) is 7.65. The Morgan fingerprint density at radius 1 is 1.20 bits per heavy atom. The molecular formula is C16H20ClN3O3S2. The summed E-state index contributed by atoms with van der Waals surface area (Å²) in [5.41, 5.74) is 0.458. The first-order valence-corrected chi connectivity index (χ1v) is 10.0. The third-order valence-corrected chi connectivity index (χ3v) is 6.15. The lowest BCUT2D eigenvalue weighted by atomic mass is 10.0. The molecule has 0 unspecified atom stereocenters. The van der Waals surface area contributed by atoms with Crippen LogP contribution in [0.2, 0.25) is 0 Å². The van der Waals surface area contributed by atoms with Crippen LogP contribution in [0.4, 0.5) is 0 Å². The molecule has 0 atom stereocenters. The minimum Gasteiger partial charge on any atom is -0.352 e. The molecular weight excluding hydrogens is 382 g/mol. The van der Waals surface area contributed by atoms with Gasteiger partial charge in [-0.3, -0.25) is 4.79 Å². The van der Waals surface area contributed by atoms with Gasteiger partial charge in [-0.1, -0.05) is 6.07 Å². The van der Waals surface area contributed by atoms with Gasteiger partial charge in [0.05, 0.1) is 4.90 Å². The Morgan fingerprint density at radius 3 is 2.48 bits per heavy atom. The normalized spacial score (nSPS) is 14.4. The average Bonchev–Trinajstić information content (AvgIpc) is 3.05. The fraction of sp³-hybridized carbons (Fsp3) is 0.312. The highest BCUT2D eigenvalue weighted by Gasteiger charge is 2.18. The van der Waals surface area contributed by atoms with Gasteiger partial charge in [-0.2, -0.15) is 0 Å². The zero-order chi connectivity index (χ0) is 17.0. The largest absolute Gasteiger partial charge is 0.352 e. The zero-order valence-corrected chi connectivity index (χ0v) is 15.8. The lowest BCUT2D eigenvalue weighted by molar-refractivity contribution is 0.0942. The standard InChI is InChI=1S/C16H19N3O3S2.ClH/c20-16(18-10-12-8-17-9-12)13-3-5-15(6-4-13)24(21,22)19-11-14-2-1-7-23-14;/h1-7,12,17,19H,8-11H2,(H,18,20);1H. The highest BCUT2D eigenvalue weighted by atomic mass is 35.5. The number of rotatable bonds is 7. The van der Waals surface area contributed by atoms with Crippen LogP contribution in [0, 0.1) is 5.92 Å². The number of carbonyl (C=O) groups excluding carboxylic acids is 1. The van der Waals surface area contributed by atoms with Crippen LogP contribution in [0.1, 0.15) is 15.2 Å². The van der Waals surface area contributed by atoms with Crippen LogP contribution in [0.15, 0.2) is 46.7 Å². The van der Waals surface area contributed by atoms with Crippen LogP contribution in [-0.4, -0.2) is 34.0 Å². The van der Waals surface area contributed by atoms with E-state index in [1.807, 2.05) is 17.5 Å². The number of thiophene rings is 1. The molecule has 2 aromatic rings. The van der Waals surface area contributed by atoms with Crippen molar-refractivity contribution in [3.63, 3.8) is 0 Å². The van der Waals surface area contributed by atoms with Crippen LogP contribution < -0.4 is 15.4 Å². The molecule has 1 aromatic heterocycles. The summed E-state index contributed by atoms with van der Waals surface area (Å²) in [6.45, 7) is 2.74. The molecule has 1 aromatic carbocycles. The minimum atomic E-state index is -3.58. The highest BCUT2D eigenvalue weighted by molar-refractivity contribution is 7.89. The average molecular weight is 402 g/mol. The predicted octanol–water partition coefficient (Wildman–Crippen LogP) is 1.60. The SMILES string of the molecule is Cl.O=C(NCC1CNC1)c1ccc(S(=O)(=O)NCc2cccs2)cc1. The molecule has 0 saturated carbocycles. The number of amides is 1. The second-order valence-corrected chi connectivity index (χ2v) is 8.46.